The van der Waals surface area contributed by atoms with Crippen LogP contribution in [0.3, 0.4) is 0 Å². The second-order valence-electron chi connectivity index (χ2n) is 7.32. The van der Waals surface area contributed by atoms with Crippen molar-refractivity contribution >= 4 is 0 Å². The summed E-state index contributed by atoms with van der Waals surface area (Å²) in [6.45, 7) is 3.90. The molecule has 23 heavy (non-hydrogen) atoms. The third-order valence-electron chi connectivity index (χ3n) is 6.07. The molecule has 0 nitrogen and oxygen atoms in total. The summed E-state index contributed by atoms with van der Waals surface area (Å²) in [7, 11) is 0. The Hall–Kier alpha value is -1.25. The summed E-state index contributed by atoms with van der Waals surface area (Å²) in [5.41, 5.74) is 0.621. The van der Waals surface area contributed by atoms with Gasteiger partial charge in [-0.25, -0.2) is 13.2 Å². The van der Waals surface area contributed by atoms with Crippen LogP contribution in [-0.4, -0.2) is 0 Å². The minimum atomic E-state index is -1.36. The summed E-state index contributed by atoms with van der Waals surface area (Å²) in [6, 6.07) is 2.36. The Balaban J connectivity index is 1.57. The van der Waals surface area contributed by atoms with Crippen molar-refractivity contribution in [3.8, 4) is 0 Å². The molecule has 2 aliphatic carbocycles. The van der Waals surface area contributed by atoms with Crippen LogP contribution in [0.1, 0.15) is 62.8 Å². The van der Waals surface area contributed by atoms with Gasteiger partial charge in [0.15, 0.2) is 17.5 Å². The smallest absolute Gasteiger partial charge is 0.194 e. The Morgan fingerprint density at radius 2 is 1.26 bits per heavy atom. The van der Waals surface area contributed by atoms with E-state index in [4.69, 9.17) is 0 Å². The van der Waals surface area contributed by atoms with Crippen molar-refractivity contribution in [3.05, 3.63) is 47.8 Å². The normalized spacial score (nSPS) is 31.8. The largest absolute Gasteiger partial charge is 0.204 e. The molecule has 0 radical (unpaired) electrons. The van der Waals surface area contributed by atoms with Gasteiger partial charge in [-0.15, -0.1) is 6.58 Å². The summed E-state index contributed by atoms with van der Waals surface area (Å²) < 4.78 is 39.9. The van der Waals surface area contributed by atoms with Gasteiger partial charge >= 0.3 is 0 Å². The molecule has 1 aromatic carbocycles. The van der Waals surface area contributed by atoms with Crippen LogP contribution in [0.4, 0.5) is 13.2 Å². The van der Waals surface area contributed by atoms with Crippen LogP contribution in [0.15, 0.2) is 24.8 Å². The number of allylic oxidation sites excluding steroid dienone is 1. The van der Waals surface area contributed by atoms with Gasteiger partial charge in [0.1, 0.15) is 0 Å². The molecule has 0 N–H and O–H groups in total. The van der Waals surface area contributed by atoms with Crippen molar-refractivity contribution in [2.24, 2.45) is 17.8 Å². The molecule has 0 amide bonds. The first-order valence-corrected chi connectivity index (χ1v) is 8.85. The quantitative estimate of drug-likeness (QED) is 0.448. The highest BCUT2D eigenvalue weighted by atomic mass is 19.2. The molecule has 0 saturated heterocycles. The van der Waals surface area contributed by atoms with Crippen molar-refractivity contribution in [2.45, 2.75) is 57.3 Å². The molecule has 126 valence electrons. The van der Waals surface area contributed by atoms with Gasteiger partial charge in [-0.2, -0.15) is 0 Å². The lowest BCUT2D eigenvalue weighted by Crippen LogP contribution is -2.25. The molecular formula is C20H25F3. The minimum absolute atomic E-state index is 0.167. The Morgan fingerprint density at radius 3 is 1.74 bits per heavy atom. The van der Waals surface area contributed by atoms with E-state index < -0.39 is 17.5 Å². The second kappa shape index (κ2) is 7.11. The van der Waals surface area contributed by atoms with Crippen molar-refractivity contribution < 1.29 is 13.2 Å². The van der Waals surface area contributed by atoms with Gasteiger partial charge in [-0.1, -0.05) is 6.08 Å². The van der Waals surface area contributed by atoms with Crippen LogP contribution in [0.2, 0.25) is 0 Å². The molecule has 2 fully saturated rings. The lowest BCUT2D eigenvalue weighted by atomic mass is 9.68. The fourth-order valence-corrected chi connectivity index (χ4v) is 4.59. The maximum atomic E-state index is 13.4. The van der Waals surface area contributed by atoms with Crippen LogP contribution in [0.5, 0.6) is 0 Å². The molecule has 0 heterocycles. The minimum Gasteiger partial charge on any atom is -0.204 e. The van der Waals surface area contributed by atoms with Gasteiger partial charge in [0.2, 0.25) is 0 Å². The first-order valence-electron chi connectivity index (χ1n) is 8.85. The molecule has 0 spiro atoms. The number of rotatable bonds is 3. The highest BCUT2D eigenvalue weighted by molar-refractivity contribution is 5.23. The van der Waals surface area contributed by atoms with Crippen LogP contribution >= 0.6 is 0 Å². The fourth-order valence-electron chi connectivity index (χ4n) is 4.59. The molecule has 3 rings (SSSR count). The highest BCUT2D eigenvalue weighted by Gasteiger charge is 2.31. The molecule has 1 aromatic rings. The average Bonchev–Trinajstić information content (AvgIpc) is 2.59. The topological polar surface area (TPSA) is 0 Å². The highest BCUT2D eigenvalue weighted by Crippen LogP contribution is 2.44. The van der Waals surface area contributed by atoms with E-state index in [-0.39, 0.29) is 5.92 Å². The maximum Gasteiger partial charge on any atom is 0.194 e. The average molecular weight is 322 g/mol. The lowest BCUT2D eigenvalue weighted by molar-refractivity contribution is 0.171. The number of halogens is 3. The molecule has 2 saturated carbocycles. The molecule has 0 aliphatic heterocycles. The molecule has 0 atom stereocenters. The number of hydrogen-bond acceptors (Lipinski definition) is 0. The fraction of sp³-hybridized carbons (Fsp3) is 0.600. The first-order chi connectivity index (χ1) is 11.1. The molecule has 0 bridgehead atoms. The van der Waals surface area contributed by atoms with Crippen molar-refractivity contribution in [2.75, 3.05) is 0 Å². The second-order valence-corrected chi connectivity index (χ2v) is 7.32. The van der Waals surface area contributed by atoms with E-state index in [2.05, 4.69) is 12.7 Å². The Morgan fingerprint density at radius 1 is 0.783 bits per heavy atom. The number of benzene rings is 1. The van der Waals surface area contributed by atoms with Crippen LogP contribution in [0.25, 0.3) is 0 Å². The van der Waals surface area contributed by atoms with E-state index in [1.54, 1.807) is 0 Å². The van der Waals surface area contributed by atoms with E-state index >= 15 is 0 Å². The van der Waals surface area contributed by atoms with Crippen molar-refractivity contribution in [1.82, 2.24) is 0 Å². The van der Waals surface area contributed by atoms with E-state index in [0.717, 1.165) is 37.5 Å². The van der Waals surface area contributed by atoms with Gasteiger partial charge in [-0.05, 0) is 92.7 Å². The lowest BCUT2D eigenvalue weighted by Gasteiger charge is -2.37. The van der Waals surface area contributed by atoms with Gasteiger partial charge in [0, 0.05) is 0 Å². The van der Waals surface area contributed by atoms with E-state index in [1.165, 1.54) is 37.8 Å². The maximum absolute atomic E-state index is 13.4. The van der Waals surface area contributed by atoms with Gasteiger partial charge in [-0.3, -0.25) is 0 Å². The third kappa shape index (κ3) is 3.64. The summed E-state index contributed by atoms with van der Waals surface area (Å²) in [6.07, 6.45) is 11.3. The van der Waals surface area contributed by atoms with Gasteiger partial charge in [0.25, 0.3) is 0 Å². The van der Waals surface area contributed by atoms with Crippen molar-refractivity contribution in [1.29, 1.82) is 0 Å². The van der Waals surface area contributed by atoms with Crippen LogP contribution in [0, 0.1) is 35.2 Å². The van der Waals surface area contributed by atoms with Crippen LogP contribution in [-0.2, 0) is 0 Å². The number of hydrogen-bond donors (Lipinski definition) is 0. The summed E-state index contributed by atoms with van der Waals surface area (Å²) in [5, 5.41) is 0. The Kier molecular flexibility index (Phi) is 5.13. The van der Waals surface area contributed by atoms with Gasteiger partial charge < -0.3 is 0 Å². The van der Waals surface area contributed by atoms with Crippen molar-refractivity contribution in [3.63, 3.8) is 0 Å². The molecule has 2 aliphatic rings. The molecular weight excluding hydrogens is 297 g/mol. The summed E-state index contributed by atoms with van der Waals surface area (Å²) in [5.74, 6) is -1.09. The third-order valence-corrected chi connectivity index (χ3v) is 6.07. The standard InChI is InChI=1S/C20H25F3/c1-2-13-3-5-14(6-4-13)15-7-9-16(10-8-15)17-11-18(21)20(23)19(22)12-17/h2,11-16H,1,3-10H2/t13?,14?,15-,16-. The summed E-state index contributed by atoms with van der Waals surface area (Å²) >= 11 is 0. The van der Waals surface area contributed by atoms with Crippen LogP contribution < -0.4 is 0 Å². The SMILES string of the molecule is C=CC1CCC([C@H]2CC[C@H](c3cc(F)c(F)c(F)c3)CC2)CC1. The predicted molar refractivity (Wildman–Crippen MR) is 86.7 cm³/mol. The Bertz CT molecular complexity index is 527. The predicted octanol–water partition coefficient (Wildman–Crippen LogP) is 6.37. The zero-order chi connectivity index (χ0) is 16.4. The summed E-state index contributed by atoms with van der Waals surface area (Å²) in [4.78, 5) is 0. The zero-order valence-electron chi connectivity index (χ0n) is 13.5. The Labute approximate surface area is 136 Å². The van der Waals surface area contributed by atoms with Gasteiger partial charge in [0.05, 0.1) is 0 Å². The van der Waals surface area contributed by atoms with E-state index in [0.29, 0.717) is 11.5 Å². The molecule has 0 unspecified atom stereocenters. The molecule has 3 heteroatoms. The first kappa shape index (κ1) is 16.6. The van der Waals surface area contributed by atoms with E-state index in [1.807, 2.05) is 0 Å². The monoisotopic (exact) mass is 322 g/mol. The molecule has 0 aromatic heterocycles. The van der Waals surface area contributed by atoms with E-state index in [9.17, 15) is 13.2 Å². The zero-order valence-corrected chi connectivity index (χ0v) is 13.5.